The molecule has 0 bridgehead atoms. The molecule has 6 rings (SSSR count). The Morgan fingerprint density at radius 2 is 0.731 bits per heavy atom. The molecule has 0 amide bonds. The van der Waals surface area contributed by atoms with Crippen LogP contribution in [-0.2, 0) is 74.6 Å². The van der Waals surface area contributed by atoms with Crippen molar-refractivity contribution in [1.29, 1.82) is 0 Å². The van der Waals surface area contributed by atoms with Crippen LogP contribution in [0.1, 0.15) is 0 Å². The Balaban J connectivity index is -0.00000249. The molecular weight excluding hydrogens is 1240 g/mol. The Hall–Kier alpha value is -2.12. The Morgan fingerprint density at radius 3 is 0.974 bits per heavy atom. The van der Waals surface area contributed by atoms with E-state index in [0.717, 1.165) is 48.5 Å². The predicted octanol–water partition coefficient (Wildman–Crippen LogP) is -9.40. The summed E-state index contributed by atoms with van der Waals surface area (Å²) in [5, 5.41) is 95.0. The van der Waals surface area contributed by atoms with Crippen molar-refractivity contribution in [3.05, 3.63) is 72.8 Å². The van der Waals surface area contributed by atoms with E-state index in [9.17, 15) is 72.3 Å². The summed E-state index contributed by atoms with van der Waals surface area (Å²) in [6, 6.07) is 11.9. The van der Waals surface area contributed by atoms with Gasteiger partial charge in [0.15, 0.2) is 11.5 Å². The molecule has 0 saturated carbocycles. The maximum absolute atomic E-state index is 12.2. The van der Waals surface area contributed by atoms with Crippen LogP contribution in [0.3, 0.4) is 0 Å². The predicted molar refractivity (Wildman–Crippen MR) is 257 cm³/mol. The smallest absolute Gasteiger partial charge is 0.506 e. The van der Waals surface area contributed by atoms with Gasteiger partial charge in [-0.2, -0.15) is 33.7 Å². The van der Waals surface area contributed by atoms with E-state index in [0.29, 0.717) is 26.2 Å². The van der Waals surface area contributed by atoms with Crippen LogP contribution in [0.5, 0.6) is 23.0 Å². The molecule has 0 spiro atoms. The van der Waals surface area contributed by atoms with Crippen LogP contribution in [0.2, 0.25) is 0 Å². The van der Waals surface area contributed by atoms with E-state index in [1.807, 2.05) is 0 Å². The van der Waals surface area contributed by atoms with Gasteiger partial charge in [-0.3, -0.25) is 18.2 Å². The fourth-order valence-corrected chi connectivity index (χ4v) is 8.63. The third-order valence-corrected chi connectivity index (χ3v) is 12.8. The number of nitrogen functional groups attached to an aromatic ring is 2. The molecule has 0 fully saturated rings. The standard InChI is InChI=1S/C32H24N6O16S4.2C4H11NO2.2Cu.Li.3Na/c33-19-11-17(55(43,44)45)5-15-9-25(57(49,50)51)29(31(41)27(15)19)37-35-21-3-1-13(7-23(21)39)14-2-4-22(24(40)8-14)36-38-30-26(58(52,53)54)10-16-6-18(56(46,47)48)12-20(34)28(16)32(30)42;2*6-3-1-5-2-4-7;;;;;;/h1-12,39-42H,33-34H2,(H,43,44,45)(H,46,47,48)(H,49,50,51)(H,52,53,54);2*5-7H,1-4H2;;;;;;/q;;;;;4*+1. The second kappa shape index (κ2) is 35.1. The average molecular weight is 1290 g/mol. The first-order valence-electron chi connectivity index (χ1n) is 20.0. The first kappa shape index (κ1) is 80.1. The number of benzene rings is 6. The zero-order valence-corrected chi connectivity index (χ0v) is 52.5. The molecule has 0 aliphatic carbocycles. The molecule has 0 aromatic heterocycles. The number of phenolic OH excluding ortho intramolecular Hbond substituents is 4. The van der Waals surface area contributed by atoms with Gasteiger partial charge in [0, 0.05) is 82.5 Å². The minimum Gasteiger partial charge on any atom is -0.506 e. The zero-order chi connectivity index (χ0) is 53.9. The van der Waals surface area contributed by atoms with Crippen LogP contribution in [0, 0.1) is 0 Å². The molecule has 38 heteroatoms. The first-order chi connectivity index (χ1) is 33.6. The van der Waals surface area contributed by atoms with E-state index in [1.54, 1.807) is 0 Å². The van der Waals surface area contributed by atoms with Crippen molar-refractivity contribution in [2.24, 2.45) is 20.5 Å². The van der Waals surface area contributed by atoms with E-state index in [-0.39, 0.29) is 212 Å². The summed E-state index contributed by atoms with van der Waals surface area (Å²) in [4.78, 5) is -3.57. The molecule has 28 nitrogen and oxygen atoms in total. The van der Waals surface area contributed by atoms with Gasteiger partial charge in [-0.25, -0.2) is 0 Å². The average Bonchev–Trinajstić information content (AvgIpc) is 3.28. The van der Waals surface area contributed by atoms with Crippen LogP contribution < -0.4 is 130 Å². The molecule has 6 aromatic carbocycles. The van der Waals surface area contributed by atoms with Crippen molar-refractivity contribution >= 4 is 96.1 Å². The molecular formula is C40H46Cu2LiN8Na3O20S4+4. The summed E-state index contributed by atoms with van der Waals surface area (Å²) in [6.45, 7) is 2.84. The van der Waals surface area contributed by atoms with Crippen molar-refractivity contribution in [3.63, 3.8) is 0 Å². The largest absolute Gasteiger partial charge is 1.00 e. The van der Waals surface area contributed by atoms with E-state index in [4.69, 9.17) is 31.9 Å². The van der Waals surface area contributed by atoms with Gasteiger partial charge in [0.05, 0.1) is 36.2 Å². The molecule has 0 saturated heterocycles. The number of anilines is 2. The van der Waals surface area contributed by atoms with Crippen LogP contribution in [-0.4, -0.2) is 145 Å². The molecule has 412 valence electrons. The van der Waals surface area contributed by atoms with Crippen molar-refractivity contribution in [3.8, 4) is 34.1 Å². The molecule has 0 heterocycles. The van der Waals surface area contributed by atoms with E-state index < -0.39 is 106 Å². The van der Waals surface area contributed by atoms with Crippen molar-refractivity contribution in [2.75, 3.05) is 64.1 Å². The summed E-state index contributed by atoms with van der Waals surface area (Å²) in [6.07, 6.45) is 0. The molecule has 78 heavy (non-hydrogen) atoms. The topological polar surface area (TPSA) is 505 Å². The van der Waals surface area contributed by atoms with Gasteiger partial charge < -0.3 is 63.0 Å². The number of fused-ring (bicyclic) bond motifs is 2. The van der Waals surface area contributed by atoms with E-state index in [2.05, 4.69) is 31.1 Å². The van der Waals surface area contributed by atoms with E-state index in [1.165, 1.54) is 24.3 Å². The second-order valence-corrected chi connectivity index (χ2v) is 20.1. The molecule has 0 aliphatic rings. The van der Waals surface area contributed by atoms with Crippen LogP contribution in [0.4, 0.5) is 34.1 Å². The molecule has 18 N–H and O–H groups in total. The van der Waals surface area contributed by atoms with Gasteiger partial charge in [0.1, 0.15) is 44.0 Å². The fraction of sp³-hybridized carbons (Fsp3) is 0.200. The third-order valence-electron chi connectivity index (χ3n) is 9.41. The van der Waals surface area contributed by atoms with Gasteiger partial charge >= 0.3 is 108 Å². The fourth-order valence-electron chi connectivity index (χ4n) is 6.22. The number of aliphatic hydroxyl groups excluding tert-OH is 4. The van der Waals surface area contributed by atoms with Crippen molar-refractivity contribution in [1.82, 2.24) is 10.6 Å². The Bertz CT molecular complexity index is 3310. The first-order valence-corrected chi connectivity index (χ1v) is 25.8. The summed E-state index contributed by atoms with van der Waals surface area (Å²) in [5.74, 6) is -3.08. The maximum Gasteiger partial charge on any atom is 1.00 e. The molecule has 0 atom stereocenters. The minimum absolute atomic E-state index is 0. The number of aliphatic hydroxyl groups is 4. The Labute approximate surface area is 545 Å². The van der Waals surface area contributed by atoms with Gasteiger partial charge in [0.2, 0.25) is 0 Å². The van der Waals surface area contributed by atoms with Gasteiger partial charge in [0.25, 0.3) is 40.5 Å². The molecule has 0 unspecified atom stereocenters. The number of nitrogens with one attached hydrogen (secondary N) is 2. The summed E-state index contributed by atoms with van der Waals surface area (Å²) in [7, 11) is -20.0. The SMILES string of the molecule is Nc1cc(S(=O)(=O)O)cc2cc(S(=O)(=O)O)c(N=Nc3ccc(-c4ccc(N=Nc5c(S(=O)(=O)O)cc6cc(S(=O)(=O)O)cc(N)c6c5O)c(O)c4)cc3O)c(O)c12.OCCNCCO.OCCNCCO.[Cu].[Cu].[Li+].[Na+].[Na+].[Na+]. The molecule has 2 radical (unpaired) electrons. The number of aromatic hydroxyl groups is 4. The number of hydrogen-bond donors (Lipinski definition) is 16. The monoisotopic (exact) mass is 1290 g/mol. The van der Waals surface area contributed by atoms with Crippen molar-refractivity contribution in [2.45, 2.75) is 19.6 Å². The quantitative estimate of drug-likeness (QED) is 0.0133. The summed E-state index contributed by atoms with van der Waals surface area (Å²) >= 11 is 0. The maximum atomic E-state index is 12.2. The number of rotatable bonds is 17. The third kappa shape index (κ3) is 21.9. The number of hydrogen-bond acceptors (Lipinski definition) is 24. The number of nitrogens with zero attached hydrogens (tertiary/aromatic N) is 4. The summed E-state index contributed by atoms with van der Waals surface area (Å²) in [5.41, 5.74) is 8.99. The molecule has 6 aromatic rings. The van der Waals surface area contributed by atoms with Crippen LogP contribution in [0.25, 0.3) is 32.7 Å². The van der Waals surface area contributed by atoms with Crippen molar-refractivity contribution < 1.29 is 234 Å². The Morgan fingerprint density at radius 1 is 0.436 bits per heavy atom. The normalized spacial score (nSPS) is 11.3. The Kier molecular flexibility index (Phi) is 36.1. The molecule has 0 aliphatic heterocycles. The number of phenols is 4. The summed E-state index contributed by atoms with van der Waals surface area (Å²) < 4.78 is 134. The van der Waals surface area contributed by atoms with Crippen LogP contribution in [0.15, 0.2) is 113 Å². The van der Waals surface area contributed by atoms with Crippen LogP contribution >= 0.6 is 0 Å². The number of azo groups is 2. The van der Waals surface area contributed by atoms with Gasteiger partial charge in [-0.05, 0) is 82.6 Å². The minimum atomic E-state index is -5.17. The second-order valence-electron chi connectivity index (χ2n) is 14.5. The van der Waals surface area contributed by atoms with Gasteiger partial charge in [-0.1, -0.05) is 12.1 Å². The van der Waals surface area contributed by atoms with Gasteiger partial charge in [-0.15, -0.1) is 20.5 Å². The number of nitrogens with two attached hydrogens (primary N) is 2. The zero-order valence-electron chi connectivity index (χ0n) is 41.4. The van der Waals surface area contributed by atoms with E-state index >= 15 is 0 Å².